The topological polar surface area (TPSA) is 9.72 Å². The Morgan fingerprint density at radius 2 is 0.469 bits per heavy atom. The summed E-state index contributed by atoms with van der Waals surface area (Å²) >= 11 is 1.88. The molecule has 25 aromatic carbocycles. The molecule has 145 heavy (non-hydrogen) atoms. The molecule has 27 rings (SSSR count). The van der Waals surface area contributed by atoms with E-state index in [1.807, 2.05) is 11.3 Å². The number of para-hydroxylation sites is 1. The molecule has 0 saturated heterocycles. The highest BCUT2D eigenvalue weighted by atomic mass is 32.1. The molecule has 1 aliphatic carbocycles. The van der Waals surface area contributed by atoms with Gasteiger partial charge < -0.3 is 14.7 Å². The first-order valence-corrected chi connectivity index (χ1v) is 50.8. The van der Waals surface area contributed by atoms with Gasteiger partial charge >= 0.3 is 0 Å². The van der Waals surface area contributed by atoms with Crippen molar-refractivity contribution in [2.45, 2.75) is 19.3 Å². The molecule has 26 aromatic rings. The van der Waals surface area contributed by atoms with E-state index < -0.39 is 0 Å². The standard InChI is InChI=1S/C50H35N.C47H35N.C44H29NS/c1-4-14-36(15-5-1)42-22-12-23-45(34-42)51(49-33-30-43(37-16-6-2-7-17-37)35-48(49)38-18-8-3-9-19-38)44-31-28-40(29-32-44)47-25-13-21-41-27-26-39-20-10-11-24-46(39)50(41)47;1-47(2)43-21-10-8-19-41(43)42-30-29-37(31-44(42)47)48(45-22-11-9-17-38(45)32-13-4-3-5-14-32)36-27-25-34(26-28-36)40-20-12-16-35-24-23-33-15-6-7-18-39(33)46(35)40;1-2-10-30(11-3-1)31-22-26-35(27-23-31)45(41-18-8-13-34-21-20-32-12-4-5-14-37(32)43(34)41)36-28-24-33(25-29-36)38-16-9-17-40-39-15-6-7-19-42(39)46-44(38)40/h1-35H;3-31H,1-2H3;1-29H. The SMILES string of the molecule is CC1(C)c2ccccc2-c2ccc(N(c3ccc(-c4cccc5ccc6ccccc6c45)cc3)c3ccccc3-c3ccccc3)cc21.c1ccc(-c2ccc(N(c3ccc(-c4cccc5c4sc4ccccc45)cc3)c3cccc4ccc5ccccc5c34)cc2)cc1.c1ccc(-c2cccc(N(c3ccc(-c4cccc5ccc6ccccc6c45)cc3)c3ccc(-c4ccccc4)cc3-c3ccccc3)c2)cc1. The van der Waals surface area contributed by atoms with Gasteiger partial charge in [0.1, 0.15) is 0 Å². The number of thiophene rings is 1. The second kappa shape index (κ2) is 38.4. The Hall–Kier alpha value is -18.3. The van der Waals surface area contributed by atoms with Gasteiger partial charge in [0, 0.05) is 76.2 Å². The van der Waals surface area contributed by atoms with Crippen molar-refractivity contribution in [2.75, 3.05) is 14.7 Å². The maximum absolute atomic E-state index is 2.43. The van der Waals surface area contributed by atoms with Crippen LogP contribution >= 0.6 is 11.3 Å². The second-order valence-corrected chi connectivity index (χ2v) is 39.1. The van der Waals surface area contributed by atoms with Crippen molar-refractivity contribution in [1.29, 1.82) is 0 Å². The number of benzene rings is 25. The zero-order valence-electron chi connectivity index (χ0n) is 80.4. The first-order chi connectivity index (χ1) is 71.7. The quantitative estimate of drug-likeness (QED) is 0.0842. The smallest absolute Gasteiger partial charge is 0.0546 e. The van der Waals surface area contributed by atoms with Crippen LogP contribution in [0.5, 0.6) is 0 Å². The summed E-state index contributed by atoms with van der Waals surface area (Å²) < 4.78 is 2.67. The zero-order chi connectivity index (χ0) is 96.7. The number of hydrogen-bond donors (Lipinski definition) is 0. The normalized spacial score (nSPS) is 11.8. The Labute approximate surface area is 850 Å². The predicted octanol–water partition coefficient (Wildman–Crippen LogP) is 40.4. The molecule has 1 aromatic heterocycles. The van der Waals surface area contributed by atoms with Crippen LogP contribution in [0.2, 0.25) is 0 Å². The molecule has 0 bridgehead atoms. The summed E-state index contributed by atoms with van der Waals surface area (Å²) in [6.45, 7) is 4.71. The molecule has 0 fully saturated rings. The number of fused-ring (bicyclic) bond motifs is 15. The Kier molecular flexibility index (Phi) is 23.3. The molecule has 0 saturated carbocycles. The van der Waals surface area contributed by atoms with Gasteiger partial charge in [0.15, 0.2) is 0 Å². The van der Waals surface area contributed by atoms with E-state index in [4.69, 9.17) is 0 Å². The molecule has 4 heteroatoms. The van der Waals surface area contributed by atoms with E-state index in [2.05, 4.69) is 593 Å². The van der Waals surface area contributed by atoms with Gasteiger partial charge in [-0.2, -0.15) is 0 Å². The van der Waals surface area contributed by atoms with Crippen molar-refractivity contribution < 1.29 is 0 Å². The van der Waals surface area contributed by atoms with Crippen LogP contribution in [0.4, 0.5) is 51.2 Å². The van der Waals surface area contributed by atoms with Crippen molar-refractivity contribution in [3.8, 4) is 100 Å². The summed E-state index contributed by atoms with van der Waals surface area (Å²) in [5.74, 6) is 0. The molecule has 1 aliphatic rings. The van der Waals surface area contributed by atoms with E-state index in [1.54, 1.807) is 0 Å². The van der Waals surface area contributed by atoms with Gasteiger partial charge in [-0.3, -0.25) is 0 Å². The van der Waals surface area contributed by atoms with Gasteiger partial charge in [-0.05, 0) is 263 Å². The van der Waals surface area contributed by atoms with Gasteiger partial charge in [0.2, 0.25) is 0 Å². The van der Waals surface area contributed by atoms with Crippen LogP contribution in [-0.4, -0.2) is 0 Å². The van der Waals surface area contributed by atoms with Crippen LogP contribution in [0.3, 0.4) is 0 Å². The lowest BCUT2D eigenvalue weighted by molar-refractivity contribution is 0.660. The number of nitrogens with zero attached hydrogens (tertiary/aromatic N) is 3. The van der Waals surface area contributed by atoms with E-state index in [0.29, 0.717) is 0 Å². The molecule has 0 aliphatic heterocycles. The monoisotopic (exact) mass is 1870 g/mol. The molecule has 0 radical (unpaired) electrons. The Morgan fingerprint density at radius 3 is 1.01 bits per heavy atom. The fourth-order valence-electron chi connectivity index (χ4n) is 22.1. The summed E-state index contributed by atoms with van der Waals surface area (Å²) in [5, 5.41) is 17.8. The summed E-state index contributed by atoms with van der Waals surface area (Å²) in [4.78, 5) is 7.25. The molecule has 3 nitrogen and oxygen atoms in total. The third kappa shape index (κ3) is 16.8. The summed E-state index contributed by atoms with van der Waals surface area (Å²) in [5.41, 5.74) is 34.8. The summed E-state index contributed by atoms with van der Waals surface area (Å²) in [6, 6.07) is 205. The highest BCUT2D eigenvalue weighted by Gasteiger charge is 2.36. The van der Waals surface area contributed by atoms with Crippen LogP contribution in [0.1, 0.15) is 25.0 Å². The molecule has 0 unspecified atom stereocenters. The Bertz CT molecular complexity index is 9300. The molecule has 0 N–H and O–H groups in total. The van der Waals surface area contributed by atoms with Crippen LogP contribution < -0.4 is 14.7 Å². The number of rotatable bonds is 17. The highest BCUT2D eigenvalue weighted by molar-refractivity contribution is 7.26. The van der Waals surface area contributed by atoms with Gasteiger partial charge in [0.05, 0.1) is 17.1 Å². The largest absolute Gasteiger partial charge is 0.310 e. The molecular weight excluding hydrogens is 1770 g/mol. The lowest BCUT2D eigenvalue weighted by Crippen LogP contribution is -2.16. The lowest BCUT2D eigenvalue weighted by Gasteiger charge is -2.30. The minimum Gasteiger partial charge on any atom is -0.310 e. The van der Waals surface area contributed by atoms with Crippen LogP contribution in [0.25, 0.3) is 185 Å². The fraction of sp³-hybridized carbons (Fsp3) is 0.0213. The molecular formula is C141H99N3S. The number of hydrogen-bond acceptors (Lipinski definition) is 4. The van der Waals surface area contributed by atoms with Gasteiger partial charge in [-0.25, -0.2) is 0 Å². The molecule has 684 valence electrons. The minimum absolute atomic E-state index is 0.0897. The maximum Gasteiger partial charge on any atom is 0.0546 e. The average Bonchev–Trinajstić information content (AvgIpc) is 1.61. The Morgan fingerprint density at radius 1 is 0.159 bits per heavy atom. The average molecular weight is 1870 g/mol. The molecule has 0 spiro atoms. The highest BCUT2D eigenvalue weighted by Crippen LogP contribution is 2.54. The van der Waals surface area contributed by atoms with Crippen LogP contribution in [0, 0.1) is 0 Å². The van der Waals surface area contributed by atoms with Gasteiger partial charge in [-0.1, -0.05) is 475 Å². The fourth-order valence-corrected chi connectivity index (χ4v) is 23.3. The third-order valence-corrected chi connectivity index (χ3v) is 30.4. The van der Waals surface area contributed by atoms with E-state index in [0.717, 1.165) is 45.5 Å². The van der Waals surface area contributed by atoms with Crippen molar-refractivity contribution in [3.63, 3.8) is 0 Å². The first kappa shape index (κ1) is 88.1. The maximum atomic E-state index is 2.43. The van der Waals surface area contributed by atoms with Gasteiger partial charge in [-0.15, -0.1) is 11.3 Å². The van der Waals surface area contributed by atoms with Crippen molar-refractivity contribution in [2.24, 2.45) is 0 Å². The van der Waals surface area contributed by atoms with E-state index >= 15 is 0 Å². The van der Waals surface area contributed by atoms with E-state index in [9.17, 15) is 0 Å². The van der Waals surface area contributed by atoms with Crippen molar-refractivity contribution in [1.82, 2.24) is 0 Å². The zero-order valence-corrected chi connectivity index (χ0v) is 81.3. The van der Waals surface area contributed by atoms with Crippen molar-refractivity contribution in [3.05, 3.63) is 575 Å². The van der Waals surface area contributed by atoms with E-state index in [-0.39, 0.29) is 5.41 Å². The summed E-state index contributed by atoms with van der Waals surface area (Å²) in [6.07, 6.45) is 0. The predicted molar refractivity (Wildman–Crippen MR) is 622 cm³/mol. The lowest BCUT2D eigenvalue weighted by atomic mass is 9.82. The first-order valence-electron chi connectivity index (χ1n) is 50.0. The molecule has 0 atom stereocenters. The third-order valence-electron chi connectivity index (χ3n) is 29.2. The van der Waals surface area contributed by atoms with Crippen molar-refractivity contribution >= 4 is 147 Å². The minimum atomic E-state index is -0.0897. The van der Waals surface area contributed by atoms with E-state index in [1.165, 1.54) is 202 Å². The second-order valence-electron chi connectivity index (χ2n) is 38.0. The number of anilines is 9. The van der Waals surface area contributed by atoms with Crippen LogP contribution in [-0.2, 0) is 5.41 Å². The Balaban J connectivity index is 0.000000114. The summed E-state index contributed by atoms with van der Waals surface area (Å²) in [7, 11) is 0. The molecule has 1 heterocycles. The van der Waals surface area contributed by atoms with Gasteiger partial charge in [0.25, 0.3) is 0 Å². The molecule has 0 amide bonds. The van der Waals surface area contributed by atoms with Crippen LogP contribution in [0.15, 0.2) is 564 Å².